The van der Waals surface area contributed by atoms with Crippen molar-refractivity contribution in [2.75, 3.05) is 5.32 Å². The van der Waals surface area contributed by atoms with Crippen molar-refractivity contribution in [1.29, 1.82) is 0 Å². The van der Waals surface area contributed by atoms with Gasteiger partial charge >= 0.3 is 0 Å². The zero-order chi connectivity index (χ0) is 18.1. The first-order valence-corrected chi connectivity index (χ1v) is 8.78. The van der Waals surface area contributed by atoms with Crippen molar-refractivity contribution in [2.24, 2.45) is 11.7 Å². The molecule has 3 aromatic rings. The lowest BCUT2D eigenvalue weighted by atomic mass is 10.00. The minimum absolute atomic E-state index is 0.000135. The summed E-state index contributed by atoms with van der Waals surface area (Å²) in [5.74, 6) is -0.210. The molecule has 0 bridgehead atoms. The highest BCUT2D eigenvalue weighted by molar-refractivity contribution is 5.97. The van der Waals surface area contributed by atoms with E-state index in [1.165, 1.54) is 16.3 Å². The van der Waals surface area contributed by atoms with Crippen LogP contribution in [0, 0.1) is 5.92 Å². The lowest BCUT2D eigenvalue weighted by Gasteiger charge is -2.10. The minimum Gasteiger partial charge on any atom is -0.369 e. The molecule has 130 valence electrons. The van der Waals surface area contributed by atoms with Crippen LogP contribution in [0.4, 0.5) is 5.69 Å². The zero-order valence-electron chi connectivity index (χ0n) is 14.3. The van der Waals surface area contributed by atoms with Crippen LogP contribution < -0.4 is 11.1 Å². The van der Waals surface area contributed by atoms with Gasteiger partial charge in [0.25, 0.3) is 0 Å². The predicted molar refractivity (Wildman–Crippen MR) is 103 cm³/mol. The van der Waals surface area contributed by atoms with Crippen molar-refractivity contribution >= 4 is 28.3 Å². The molecule has 4 heteroatoms. The van der Waals surface area contributed by atoms with Gasteiger partial charge in [0.1, 0.15) is 0 Å². The second-order valence-corrected chi connectivity index (χ2v) is 6.81. The first-order chi connectivity index (χ1) is 12.6. The van der Waals surface area contributed by atoms with E-state index in [0.29, 0.717) is 5.69 Å². The minimum atomic E-state index is -0.410. The summed E-state index contributed by atoms with van der Waals surface area (Å²) >= 11 is 0. The fraction of sp³-hybridized carbons (Fsp3) is 0.182. The Bertz CT molecular complexity index is 991. The van der Waals surface area contributed by atoms with Crippen molar-refractivity contribution in [2.45, 2.75) is 18.8 Å². The number of fused-ring (bicyclic) bond motifs is 1. The number of para-hydroxylation sites is 1. The smallest absolute Gasteiger partial charge is 0.228 e. The monoisotopic (exact) mass is 344 g/mol. The molecule has 0 aromatic heterocycles. The quantitative estimate of drug-likeness (QED) is 0.742. The van der Waals surface area contributed by atoms with Crippen LogP contribution in [-0.4, -0.2) is 11.8 Å². The van der Waals surface area contributed by atoms with E-state index < -0.39 is 5.91 Å². The summed E-state index contributed by atoms with van der Waals surface area (Å²) in [6.45, 7) is 0. The number of carbonyl (C=O) groups excluding carboxylic acids is 2. The molecule has 0 heterocycles. The molecular formula is C22H20N2O2. The van der Waals surface area contributed by atoms with Crippen LogP contribution in [0.2, 0.25) is 0 Å². The first kappa shape index (κ1) is 16.3. The molecule has 4 rings (SSSR count). The standard InChI is InChI=1S/C22H20N2O2/c23-21(25)12-15-7-2-4-11-20(15)24-22(26)19-13-18(19)17-10-5-8-14-6-1-3-9-16(14)17/h1-11,18-19H,12-13H2,(H2,23,25)(H,24,26)/t18-,19-/m1/s1. The van der Waals surface area contributed by atoms with Crippen LogP contribution in [0.5, 0.6) is 0 Å². The number of carbonyl (C=O) groups is 2. The molecule has 4 nitrogen and oxygen atoms in total. The molecule has 0 aliphatic heterocycles. The van der Waals surface area contributed by atoms with Gasteiger partial charge in [0.05, 0.1) is 6.42 Å². The summed E-state index contributed by atoms with van der Waals surface area (Å²) in [4.78, 5) is 23.9. The molecule has 0 unspecified atom stereocenters. The van der Waals surface area contributed by atoms with E-state index in [1.807, 2.05) is 42.5 Å². The molecule has 26 heavy (non-hydrogen) atoms. The maximum atomic E-state index is 12.7. The Hall–Kier alpha value is -3.14. The van der Waals surface area contributed by atoms with E-state index in [1.54, 1.807) is 0 Å². The number of hydrogen-bond acceptors (Lipinski definition) is 2. The van der Waals surface area contributed by atoms with Gasteiger partial charge in [-0.2, -0.15) is 0 Å². The van der Waals surface area contributed by atoms with Gasteiger partial charge in [-0.1, -0.05) is 60.7 Å². The molecule has 0 saturated heterocycles. The second kappa shape index (κ2) is 6.64. The second-order valence-electron chi connectivity index (χ2n) is 6.81. The molecular weight excluding hydrogens is 324 g/mol. The maximum absolute atomic E-state index is 12.7. The van der Waals surface area contributed by atoms with Crippen molar-refractivity contribution in [3.63, 3.8) is 0 Å². The van der Waals surface area contributed by atoms with Gasteiger partial charge in [-0.05, 0) is 40.3 Å². The number of nitrogens with two attached hydrogens (primary N) is 1. The Morgan fingerprint density at radius 1 is 0.962 bits per heavy atom. The molecule has 1 aliphatic rings. The van der Waals surface area contributed by atoms with Gasteiger partial charge in [-0.3, -0.25) is 9.59 Å². The molecule has 3 N–H and O–H groups in total. The number of hydrogen-bond donors (Lipinski definition) is 2. The lowest BCUT2D eigenvalue weighted by molar-refractivity contribution is -0.118. The molecule has 3 aromatic carbocycles. The first-order valence-electron chi connectivity index (χ1n) is 8.78. The van der Waals surface area contributed by atoms with E-state index in [9.17, 15) is 9.59 Å². The SMILES string of the molecule is NC(=O)Cc1ccccc1NC(=O)[C@@H]1C[C@@H]1c1cccc2ccccc12. The van der Waals surface area contributed by atoms with Crippen LogP contribution >= 0.6 is 0 Å². The van der Waals surface area contributed by atoms with Crippen molar-refractivity contribution < 1.29 is 9.59 Å². The predicted octanol–water partition coefficient (Wildman–Crippen LogP) is 3.61. The number of amides is 2. The van der Waals surface area contributed by atoms with E-state index >= 15 is 0 Å². The average Bonchev–Trinajstić information content (AvgIpc) is 3.43. The van der Waals surface area contributed by atoms with E-state index in [-0.39, 0.29) is 24.2 Å². The molecule has 1 saturated carbocycles. The van der Waals surface area contributed by atoms with Gasteiger partial charge in [0.15, 0.2) is 0 Å². The highest BCUT2D eigenvalue weighted by Gasteiger charge is 2.44. The van der Waals surface area contributed by atoms with E-state index in [0.717, 1.165) is 12.0 Å². The van der Waals surface area contributed by atoms with Crippen LogP contribution in [0.25, 0.3) is 10.8 Å². The number of nitrogens with one attached hydrogen (secondary N) is 1. The third-order valence-corrected chi connectivity index (χ3v) is 4.99. The fourth-order valence-electron chi connectivity index (χ4n) is 3.61. The summed E-state index contributed by atoms with van der Waals surface area (Å²) < 4.78 is 0. The number of anilines is 1. The van der Waals surface area contributed by atoms with Crippen molar-refractivity contribution in [3.05, 3.63) is 77.9 Å². The molecule has 0 radical (unpaired) electrons. The maximum Gasteiger partial charge on any atom is 0.228 e. The Balaban J connectivity index is 1.52. The Labute approximate surface area is 152 Å². The summed E-state index contributed by atoms with van der Waals surface area (Å²) in [6, 6.07) is 21.8. The highest BCUT2D eigenvalue weighted by Crippen LogP contribution is 2.50. The number of primary amides is 1. The number of rotatable bonds is 5. The Morgan fingerprint density at radius 2 is 1.69 bits per heavy atom. The lowest BCUT2D eigenvalue weighted by Crippen LogP contribution is -2.18. The van der Waals surface area contributed by atoms with Gasteiger partial charge in [0.2, 0.25) is 11.8 Å². The highest BCUT2D eigenvalue weighted by atomic mass is 16.2. The van der Waals surface area contributed by atoms with Crippen molar-refractivity contribution in [1.82, 2.24) is 0 Å². The summed E-state index contributed by atoms with van der Waals surface area (Å²) in [6.07, 6.45) is 0.964. The molecule has 2 atom stereocenters. The van der Waals surface area contributed by atoms with Crippen LogP contribution in [-0.2, 0) is 16.0 Å². The van der Waals surface area contributed by atoms with Crippen LogP contribution in [0.3, 0.4) is 0 Å². The normalized spacial score (nSPS) is 18.5. The van der Waals surface area contributed by atoms with Crippen LogP contribution in [0.1, 0.15) is 23.5 Å². The molecule has 2 amide bonds. The largest absolute Gasteiger partial charge is 0.369 e. The summed E-state index contributed by atoms with van der Waals surface area (Å²) in [5, 5.41) is 5.39. The Kier molecular flexibility index (Phi) is 4.17. The third-order valence-electron chi connectivity index (χ3n) is 4.99. The van der Waals surface area contributed by atoms with Gasteiger partial charge < -0.3 is 11.1 Å². The van der Waals surface area contributed by atoms with E-state index in [4.69, 9.17) is 5.73 Å². The fourth-order valence-corrected chi connectivity index (χ4v) is 3.61. The average molecular weight is 344 g/mol. The molecule has 1 aliphatic carbocycles. The molecule has 1 fully saturated rings. The van der Waals surface area contributed by atoms with Gasteiger partial charge in [0, 0.05) is 11.6 Å². The zero-order valence-corrected chi connectivity index (χ0v) is 14.3. The van der Waals surface area contributed by atoms with Gasteiger partial charge in [-0.15, -0.1) is 0 Å². The van der Waals surface area contributed by atoms with Gasteiger partial charge in [-0.25, -0.2) is 0 Å². The topological polar surface area (TPSA) is 72.2 Å². The van der Waals surface area contributed by atoms with E-state index in [2.05, 4.69) is 29.6 Å². The molecule has 0 spiro atoms. The van der Waals surface area contributed by atoms with Crippen LogP contribution in [0.15, 0.2) is 66.7 Å². The summed E-state index contributed by atoms with van der Waals surface area (Å²) in [7, 11) is 0. The Morgan fingerprint density at radius 3 is 2.54 bits per heavy atom. The summed E-state index contributed by atoms with van der Waals surface area (Å²) in [5.41, 5.74) is 7.94. The third kappa shape index (κ3) is 3.18. The van der Waals surface area contributed by atoms with Crippen molar-refractivity contribution in [3.8, 4) is 0 Å². The number of benzene rings is 3.